The molecule has 0 fully saturated rings. The average Bonchev–Trinajstić information content (AvgIpc) is 2.72. The number of ether oxygens (including phenoxy) is 1. The predicted octanol–water partition coefficient (Wildman–Crippen LogP) is 4.06. The van der Waals surface area contributed by atoms with Crippen LogP contribution in [0.2, 0.25) is 0 Å². The molecule has 0 saturated heterocycles. The summed E-state index contributed by atoms with van der Waals surface area (Å²) in [6, 6.07) is 14.4. The van der Waals surface area contributed by atoms with Crippen LogP contribution in [-0.4, -0.2) is 32.0 Å². The largest absolute Gasteiger partial charge is 0.494 e. The lowest BCUT2D eigenvalue weighted by Crippen LogP contribution is -2.22. The number of hydrogen-bond acceptors (Lipinski definition) is 4. The van der Waals surface area contributed by atoms with Crippen LogP contribution in [0.25, 0.3) is 0 Å². The molecular weight excluding hydrogens is 354 g/mol. The van der Waals surface area contributed by atoms with Crippen LogP contribution in [0.3, 0.4) is 0 Å². The fourth-order valence-corrected chi connectivity index (χ4v) is 2.68. The van der Waals surface area contributed by atoms with Crippen molar-refractivity contribution >= 4 is 23.2 Å². The van der Waals surface area contributed by atoms with E-state index in [1.54, 1.807) is 31.3 Å². The van der Waals surface area contributed by atoms with E-state index >= 15 is 0 Å². The zero-order valence-electron chi connectivity index (χ0n) is 16.6. The van der Waals surface area contributed by atoms with Crippen LogP contribution in [0.15, 0.2) is 48.5 Å². The molecule has 6 heteroatoms. The Morgan fingerprint density at radius 2 is 1.75 bits per heavy atom. The van der Waals surface area contributed by atoms with Gasteiger partial charge in [-0.25, -0.2) is 0 Å². The number of rotatable bonds is 11. The number of carbonyl (C=O) groups is 2. The minimum Gasteiger partial charge on any atom is -0.494 e. The lowest BCUT2D eigenvalue weighted by Gasteiger charge is -2.11. The van der Waals surface area contributed by atoms with Gasteiger partial charge in [-0.2, -0.15) is 0 Å². The summed E-state index contributed by atoms with van der Waals surface area (Å²) in [6.45, 7) is 3.00. The molecule has 2 aromatic rings. The third-order valence-electron chi connectivity index (χ3n) is 4.19. The highest BCUT2D eigenvalue weighted by Crippen LogP contribution is 2.18. The summed E-state index contributed by atoms with van der Waals surface area (Å²) < 4.78 is 5.76. The standard InChI is InChI=1S/C22H29N3O3/c1-3-4-5-6-13-28-20-12-8-10-18(15-20)24-16-21(26)25-19-11-7-9-17(14-19)22(27)23-2/h7-12,14-15,24H,3-6,13,16H2,1-2H3,(H,23,27)(H,25,26). The van der Waals surface area contributed by atoms with Crippen molar-refractivity contribution in [1.82, 2.24) is 5.32 Å². The van der Waals surface area contributed by atoms with Crippen molar-refractivity contribution in [1.29, 1.82) is 0 Å². The first-order valence-corrected chi connectivity index (χ1v) is 9.71. The molecule has 0 spiro atoms. The van der Waals surface area contributed by atoms with Gasteiger partial charge in [-0.15, -0.1) is 0 Å². The van der Waals surface area contributed by atoms with Crippen molar-refractivity contribution < 1.29 is 14.3 Å². The molecule has 0 bridgehead atoms. The van der Waals surface area contributed by atoms with Gasteiger partial charge in [0.15, 0.2) is 0 Å². The topological polar surface area (TPSA) is 79.5 Å². The zero-order chi connectivity index (χ0) is 20.2. The van der Waals surface area contributed by atoms with Gasteiger partial charge in [0, 0.05) is 30.1 Å². The zero-order valence-corrected chi connectivity index (χ0v) is 16.6. The molecule has 2 rings (SSSR count). The molecule has 3 N–H and O–H groups in total. The molecule has 0 unspecified atom stereocenters. The van der Waals surface area contributed by atoms with Gasteiger partial charge < -0.3 is 20.7 Å². The van der Waals surface area contributed by atoms with Gasteiger partial charge in [-0.3, -0.25) is 9.59 Å². The molecule has 28 heavy (non-hydrogen) atoms. The van der Waals surface area contributed by atoms with Gasteiger partial charge in [-0.1, -0.05) is 38.3 Å². The average molecular weight is 383 g/mol. The number of carbonyl (C=O) groups excluding carboxylic acids is 2. The van der Waals surface area contributed by atoms with Gasteiger partial charge in [0.2, 0.25) is 5.91 Å². The van der Waals surface area contributed by atoms with Gasteiger partial charge in [0.25, 0.3) is 5.91 Å². The van der Waals surface area contributed by atoms with E-state index in [0.29, 0.717) is 17.9 Å². The van der Waals surface area contributed by atoms with Crippen molar-refractivity contribution in [2.45, 2.75) is 32.6 Å². The molecule has 0 atom stereocenters. The molecule has 6 nitrogen and oxygen atoms in total. The Balaban J connectivity index is 1.81. The minimum absolute atomic E-state index is 0.115. The Labute approximate surface area is 166 Å². The number of unbranched alkanes of at least 4 members (excludes halogenated alkanes) is 3. The lowest BCUT2D eigenvalue weighted by atomic mass is 10.2. The second-order valence-corrected chi connectivity index (χ2v) is 6.50. The minimum atomic E-state index is -0.194. The molecule has 0 heterocycles. The Morgan fingerprint density at radius 3 is 2.54 bits per heavy atom. The first-order chi connectivity index (χ1) is 13.6. The van der Waals surface area contributed by atoms with E-state index in [9.17, 15) is 9.59 Å². The Hall–Kier alpha value is -3.02. The van der Waals surface area contributed by atoms with E-state index in [-0.39, 0.29) is 18.4 Å². The van der Waals surface area contributed by atoms with E-state index in [4.69, 9.17) is 4.74 Å². The maximum absolute atomic E-state index is 12.2. The van der Waals surface area contributed by atoms with E-state index in [2.05, 4.69) is 22.9 Å². The number of anilines is 2. The number of hydrogen-bond donors (Lipinski definition) is 3. The van der Waals surface area contributed by atoms with Crippen LogP contribution in [0.4, 0.5) is 11.4 Å². The fourth-order valence-electron chi connectivity index (χ4n) is 2.68. The van der Waals surface area contributed by atoms with Gasteiger partial charge in [0.1, 0.15) is 5.75 Å². The summed E-state index contributed by atoms with van der Waals surface area (Å²) in [4.78, 5) is 23.9. The second-order valence-electron chi connectivity index (χ2n) is 6.50. The third kappa shape index (κ3) is 7.31. The van der Waals surface area contributed by atoms with Gasteiger partial charge in [-0.05, 0) is 36.8 Å². The SMILES string of the molecule is CCCCCCOc1cccc(NCC(=O)Nc2cccc(C(=O)NC)c2)c1. The van der Waals surface area contributed by atoms with Crippen LogP contribution in [0, 0.1) is 0 Å². The quantitative estimate of drug-likeness (QED) is 0.511. The third-order valence-corrected chi connectivity index (χ3v) is 4.19. The summed E-state index contributed by atoms with van der Waals surface area (Å²) in [5.41, 5.74) is 1.90. The van der Waals surface area contributed by atoms with Crippen molar-refractivity contribution in [3.63, 3.8) is 0 Å². The maximum atomic E-state index is 12.2. The van der Waals surface area contributed by atoms with Gasteiger partial charge >= 0.3 is 0 Å². The van der Waals surface area contributed by atoms with Crippen LogP contribution < -0.4 is 20.7 Å². The van der Waals surface area contributed by atoms with Crippen LogP contribution >= 0.6 is 0 Å². The molecule has 0 aromatic heterocycles. The molecule has 0 aliphatic heterocycles. The molecule has 2 amide bonds. The fraction of sp³-hybridized carbons (Fsp3) is 0.364. The molecule has 0 saturated carbocycles. The first kappa shape index (κ1) is 21.3. The van der Waals surface area contributed by atoms with Crippen molar-refractivity contribution in [3.05, 3.63) is 54.1 Å². The van der Waals surface area contributed by atoms with Gasteiger partial charge in [0.05, 0.1) is 13.2 Å². The number of benzene rings is 2. The summed E-state index contributed by atoms with van der Waals surface area (Å²) in [6.07, 6.45) is 4.66. The highest BCUT2D eigenvalue weighted by atomic mass is 16.5. The van der Waals surface area contributed by atoms with Crippen LogP contribution in [0.5, 0.6) is 5.75 Å². The van der Waals surface area contributed by atoms with Crippen molar-refractivity contribution in [2.24, 2.45) is 0 Å². The van der Waals surface area contributed by atoms with Crippen molar-refractivity contribution in [3.8, 4) is 5.75 Å². The Bertz CT molecular complexity index is 777. The molecule has 0 radical (unpaired) electrons. The molecule has 150 valence electrons. The molecule has 0 aliphatic carbocycles. The lowest BCUT2D eigenvalue weighted by molar-refractivity contribution is -0.114. The number of amides is 2. The van der Waals surface area contributed by atoms with Crippen molar-refractivity contribution in [2.75, 3.05) is 30.8 Å². The highest BCUT2D eigenvalue weighted by molar-refractivity contribution is 5.98. The molecule has 0 aliphatic rings. The summed E-state index contributed by atoms with van der Waals surface area (Å²) in [5.74, 6) is 0.404. The summed E-state index contributed by atoms with van der Waals surface area (Å²) >= 11 is 0. The molecular formula is C22H29N3O3. The highest BCUT2D eigenvalue weighted by Gasteiger charge is 2.07. The molecule has 2 aromatic carbocycles. The predicted molar refractivity (Wildman–Crippen MR) is 113 cm³/mol. The first-order valence-electron chi connectivity index (χ1n) is 9.71. The Kier molecular flexibility index (Phi) is 8.85. The van der Waals surface area contributed by atoms with E-state index < -0.39 is 0 Å². The monoisotopic (exact) mass is 383 g/mol. The van der Waals surface area contributed by atoms with Crippen LogP contribution in [-0.2, 0) is 4.79 Å². The second kappa shape index (κ2) is 11.6. The summed E-state index contributed by atoms with van der Waals surface area (Å²) in [7, 11) is 1.57. The summed E-state index contributed by atoms with van der Waals surface area (Å²) in [5, 5.41) is 8.44. The van der Waals surface area contributed by atoms with E-state index in [1.165, 1.54) is 19.3 Å². The Morgan fingerprint density at radius 1 is 0.964 bits per heavy atom. The normalized spacial score (nSPS) is 10.2. The van der Waals surface area contributed by atoms with E-state index in [1.807, 2.05) is 24.3 Å². The smallest absolute Gasteiger partial charge is 0.251 e. The van der Waals surface area contributed by atoms with E-state index in [0.717, 1.165) is 17.9 Å². The number of nitrogens with one attached hydrogen (secondary N) is 3. The van der Waals surface area contributed by atoms with Crippen LogP contribution in [0.1, 0.15) is 43.0 Å². The maximum Gasteiger partial charge on any atom is 0.251 e.